The highest BCUT2D eigenvalue weighted by molar-refractivity contribution is 8.18. The summed E-state index contributed by atoms with van der Waals surface area (Å²) in [5, 5.41) is 0.734. The lowest BCUT2D eigenvalue weighted by Gasteiger charge is -1.81. The van der Waals surface area contributed by atoms with Gasteiger partial charge in [-0.3, -0.25) is 0 Å². The fourth-order valence-electron chi connectivity index (χ4n) is 0.512. The minimum absolute atomic E-state index is 0.734. The third-order valence-electron chi connectivity index (χ3n) is 0.926. The highest BCUT2D eigenvalue weighted by atomic mass is 35.5. The lowest BCUT2D eigenvalue weighted by Crippen LogP contribution is -1.71. The van der Waals surface area contributed by atoms with Crippen LogP contribution in [-0.4, -0.2) is 0 Å². The predicted octanol–water partition coefficient (Wildman–Crippen LogP) is 2.24. The van der Waals surface area contributed by atoms with E-state index in [1.54, 1.807) is 0 Å². The molecule has 1 rings (SSSR count). The second-order valence-electron chi connectivity index (χ2n) is 1.51. The summed E-state index contributed by atoms with van der Waals surface area (Å²) in [7, 11) is 1.25. The van der Waals surface area contributed by atoms with Gasteiger partial charge in [0.2, 0.25) is 0 Å². The van der Waals surface area contributed by atoms with Crippen LogP contribution in [0.25, 0.3) is 0 Å². The smallest absolute Gasteiger partial charge is 0.0781 e. The van der Waals surface area contributed by atoms with Crippen molar-refractivity contribution >= 4 is 33.1 Å². The van der Waals surface area contributed by atoms with E-state index >= 15 is 0 Å². The molecule has 0 radical (unpaired) electrons. The molecule has 0 amide bonds. The first-order valence-electron chi connectivity index (χ1n) is 2.39. The molecule has 0 aliphatic heterocycles. The van der Waals surface area contributed by atoms with E-state index in [9.17, 15) is 0 Å². The van der Waals surface area contributed by atoms with Crippen LogP contribution < -0.4 is 0 Å². The van der Waals surface area contributed by atoms with Crippen molar-refractivity contribution in [2.24, 2.45) is 0 Å². The molecule has 0 aromatic heterocycles. The molecule has 0 bridgehead atoms. The van der Waals surface area contributed by atoms with E-state index in [4.69, 9.17) is 22.8 Å². The Morgan fingerprint density at radius 1 is 1.33 bits per heavy atom. The van der Waals surface area contributed by atoms with Crippen LogP contribution in [-0.2, 0) is 21.5 Å². The van der Waals surface area contributed by atoms with Crippen LogP contribution in [0.1, 0.15) is 0 Å². The number of halogens is 1. The standard InChI is InChI=1S/C6H4ClS2/c7-5-3-1-2-4-6(5)9-8/h1-4H/q+1. The molecule has 46 valence electrons. The molecule has 1 aromatic carbocycles. The van der Waals surface area contributed by atoms with E-state index in [1.165, 1.54) is 10.3 Å². The SMILES string of the molecule is S=[S+]c1ccccc1Cl. The highest BCUT2D eigenvalue weighted by Crippen LogP contribution is 2.13. The van der Waals surface area contributed by atoms with Crippen molar-refractivity contribution in [2.45, 2.75) is 4.90 Å². The van der Waals surface area contributed by atoms with Crippen LogP contribution in [0.3, 0.4) is 0 Å². The van der Waals surface area contributed by atoms with Crippen molar-refractivity contribution in [3.63, 3.8) is 0 Å². The minimum atomic E-state index is 0.734. The Labute approximate surface area is 67.5 Å². The van der Waals surface area contributed by atoms with Crippen LogP contribution in [0.4, 0.5) is 0 Å². The third-order valence-corrected chi connectivity index (χ3v) is 2.44. The summed E-state index contributed by atoms with van der Waals surface area (Å²) in [6, 6.07) is 7.54. The molecule has 0 heterocycles. The van der Waals surface area contributed by atoms with Crippen LogP contribution >= 0.6 is 11.6 Å². The van der Waals surface area contributed by atoms with E-state index in [-0.39, 0.29) is 0 Å². The fourth-order valence-corrected chi connectivity index (χ4v) is 1.62. The summed E-state index contributed by atoms with van der Waals surface area (Å²) in [6.07, 6.45) is 0. The molecular formula is C6H4ClS2+. The molecule has 3 heteroatoms. The molecule has 0 unspecified atom stereocenters. The Kier molecular flexibility index (Phi) is 2.51. The van der Waals surface area contributed by atoms with E-state index in [1.807, 2.05) is 24.3 Å². The normalized spacial score (nSPS) is 9.00. The summed E-state index contributed by atoms with van der Waals surface area (Å²) in [6.45, 7) is 0. The Balaban J connectivity index is 3.15. The van der Waals surface area contributed by atoms with Gasteiger partial charge >= 0.3 is 10.3 Å². The molecule has 0 spiro atoms. The minimum Gasteiger partial charge on any atom is -0.0781 e. The van der Waals surface area contributed by atoms with Gasteiger partial charge in [-0.1, -0.05) is 23.7 Å². The van der Waals surface area contributed by atoms with Gasteiger partial charge in [0.05, 0.1) is 0 Å². The molecule has 0 aliphatic carbocycles. The summed E-state index contributed by atoms with van der Waals surface area (Å²) >= 11 is 10.5. The quantitative estimate of drug-likeness (QED) is 0.590. The summed E-state index contributed by atoms with van der Waals surface area (Å²) < 4.78 is 0. The molecule has 9 heavy (non-hydrogen) atoms. The van der Waals surface area contributed by atoms with Gasteiger partial charge in [0, 0.05) is 6.07 Å². The molecule has 0 saturated heterocycles. The zero-order valence-electron chi connectivity index (χ0n) is 4.50. The third kappa shape index (κ3) is 1.68. The average molecular weight is 176 g/mol. The van der Waals surface area contributed by atoms with Crippen LogP contribution in [0.2, 0.25) is 5.02 Å². The lowest BCUT2D eigenvalue weighted by molar-refractivity contribution is 1.47. The van der Waals surface area contributed by atoms with Gasteiger partial charge in [-0.2, -0.15) is 0 Å². The monoisotopic (exact) mass is 175 g/mol. The highest BCUT2D eigenvalue weighted by Gasteiger charge is 2.05. The van der Waals surface area contributed by atoms with Crippen molar-refractivity contribution in [3.05, 3.63) is 29.3 Å². The van der Waals surface area contributed by atoms with Gasteiger partial charge in [0.15, 0.2) is 0 Å². The maximum atomic E-state index is 5.74. The van der Waals surface area contributed by atoms with Crippen molar-refractivity contribution in [1.82, 2.24) is 0 Å². The molecule has 0 atom stereocenters. The zero-order chi connectivity index (χ0) is 6.69. The molecule has 0 nitrogen and oxygen atoms in total. The first kappa shape index (κ1) is 7.06. The van der Waals surface area contributed by atoms with Crippen LogP contribution in [0.15, 0.2) is 29.2 Å². The number of hydrogen-bond donors (Lipinski definition) is 0. The Morgan fingerprint density at radius 3 is 2.44 bits per heavy atom. The Bertz CT molecular complexity index is 222. The van der Waals surface area contributed by atoms with Gasteiger partial charge in [-0.25, -0.2) is 0 Å². The maximum absolute atomic E-state index is 5.74. The average Bonchev–Trinajstić information content (AvgIpc) is 1.89. The van der Waals surface area contributed by atoms with Crippen LogP contribution in [0.5, 0.6) is 0 Å². The molecular weight excluding hydrogens is 172 g/mol. The van der Waals surface area contributed by atoms with Crippen molar-refractivity contribution in [1.29, 1.82) is 0 Å². The van der Waals surface area contributed by atoms with Gasteiger partial charge < -0.3 is 0 Å². The van der Waals surface area contributed by atoms with Gasteiger partial charge in [-0.15, -0.1) is 0 Å². The van der Waals surface area contributed by atoms with E-state index in [2.05, 4.69) is 0 Å². The second-order valence-corrected chi connectivity index (χ2v) is 3.03. The molecule has 0 N–H and O–H groups in total. The molecule has 0 saturated carbocycles. The first-order valence-corrected chi connectivity index (χ1v) is 4.51. The second kappa shape index (κ2) is 3.20. The predicted molar refractivity (Wildman–Crippen MR) is 44.4 cm³/mol. The molecule has 1 aromatic rings. The molecule has 0 fully saturated rings. The summed E-state index contributed by atoms with van der Waals surface area (Å²) in [5.41, 5.74) is 0. The van der Waals surface area contributed by atoms with E-state index in [0.717, 1.165) is 9.92 Å². The molecule has 0 aliphatic rings. The largest absolute Gasteiger partial charge is 0.317 e. The van der Waals surface area contributed by atoms with Gasteiger partial charge in [0.1, 0.15) is 5.02 Å². The fraction of sp³-hybridized carbons (Fsp3) is 0. The summed E-state index contributed by atoms with van der Waals surface area (Å²) in [5.74, 6) is 0. The van der Waals surface area contributed by atoms with Crippen molar-refractivity contribution < 1.29 is 0 Å². The first-order chi connectivity index (χ1) is 4.34. The maximum Gasteiger partial charge on any atom is 0.317 e. The van der Waals surface area contributed by atoms with Gasteiger partial charge in [0.25, 0.3) is 16.1 Å². The zero-order valence-corrected chi connectivity index (χ0v) is 6.89. The number of hydrogen-bond acceptors (Lipinski definition) is 1. The summed E-state index contributed by atoms with van der Waals surface area (Å²) in [4.78, 5) is 0.953. The van der Waals surface area contributed by atoms with Crippen molar-refractivity contribution in [2.75, 3.05) is 0 Å². The van der Waals surface area contributed by atoms with Crippen molar-refractivity contribution in [3.8, 4) is 0 Å². The Hall–Kier alpha value is -0.0500. The number of rotatable bonds is 1. The van der Waals surface area contributed by atoms with Crippen LogP contribution in [0, 0.1) is 0 Å². The lowest BCUT2D eigenvalue weighted by atomic mass is 10.4. The van der Waals surface area contributed by atoms with E-state index in [0.29, 0.717) is 0 Å². The van der Waals surface area contributed by atoms with Gasteiger partial charge in [-0.05, 0) is 6.07 Å². The number of benzene rings is 1. The topological polar surface area (TPSA) is 0 Å². The Morgan fingerprint density at radius 2 is 2.00 bits per heavy atom. The van der Waals surface area contributed by atoms with E-state index < -0.39 is 0 Å².